The topological polar surface area (TPSA) is 9.23 Å². The van der Waals surface area contributed by atoms with Gasteiger partial charge in [0, 0.05) is 0 Å². The molecule has 2 heteroatoms. The summed E-state index contributed by atoms with van der Waals surface area (Å²) in [5, 5.41) is 4.43. The molecule has 1 heterocycles. The summed E-state index contributed by atoms with van der Waals surface area (Å²) in [6.07, 6.45) is 11.3. The van der Waals surface area contributed by atoms with E-state index in [0.29, 0.717) is 11.8 Å². The lowest BCUT2D eigenvalue weighted by molar-refractivity contribution is 0.340. The Morgan fingerprint density at radius 3 is 2.18 bits per heavy atom. The van der Waals surface area contributed by atoms with E-state index in [4.69, 9.17) is 4.74 Å². The Bertz CT molecular complexity index is 622. The zero-order valence-corrected chi connectivity index (χ0v) is 13.8. The summed E-state index contributed by atoms with van der Waals surface area (Å²) in [4.78, 5) is 0. The maximum atomic E-state index is 5.52. The molecule has 0 radical (unpaired) electrons. The van der Waals surface area contributed by atoms with Crippen LogP contribution in [0.15, 0.2) is 65.4 Å². The molecule has 2 unspecified atom stereocenters. The molecule has 3 rings (SSSR count). The van der Waals surface area contributed by atoms with Gasteiger partial charge in [-0.2, -0.15) is 11.3 Å². The van der Waals surface area contributed by atoms with E-state index in [0.717, 1.165) is 25.2 Å². The van der Waals surface area contributed by atoms with Gasteiger partial charge in [-0.05, 0) is 71.7 Å². The third-order valence-electron chi connectivity index (χ3n) is 4.13. The Balaban J connectivity index is 1.66. The van der Waals surface area contributed by atoms with E-state index in [1.165, 1.54) is 11.1 Å². The summed E-state index contributed by atoms with van der Waals surface area (Å²) in [5.74, 6) is 2.12. The number of hydrogen-bond acceptors (Lipinski definition) is 2. The summed E-state index contributed by atoms with van der Waals surface area (Å²) in [6, 6.07) is 10.8. The van der Waals surface area contributed by atoms with Crippen molar-refractivity contribution in [2.45, 2.75) is 19.8 Å². The van der Waals surface area contributed by atoms with Crippen LogP contribution in [-0.2, 0) is 12.8 Å². The van der Waals surface area contributed by atoms with Crippen LogP contribution in [0.4, 0.5) is 0 Å². The highest BCUT2D eigenvalue weighted by atomic mass is 32.1. The third-order valence-corrected chi connectivity index (χ3v) is 4.87. The number of ether oxygens (including phenoxy) is 1. The van der Waals surface area contributed by atoms with Gasteiger partial charge >= 0.3 is 0 Å². The van der Waals surface area contributed by atoms with Gasteiger partial charge in [0.1, 0.15) is 5.75 Å². The van der Waals surface area contributed by atoms with E-state index < -0.39 is 0 Å². The van der Waals surface area contributed by atoms with Crippen LogP contribution in [0, 0.1) is 11.8 Å². The molecule has 0 aliphatic heterocycles. The smallest absolute Gasteiger partial charge is 0.119 e. The van der Waals surface area contributed by atoms with Gasteiger partial charge < -0.3 is 4.74 Å². The second kappa shape index (κ2) is 7.46. The quantitative estimate of drug-likeness (QED) is 0.704. The summed E-state index contributed by atoms with van der Waals surface area (Å²) in [7, 11) is 0. The molecule has 22 heavy (non-hydrogen) atoms. The molecule has 0 N–H and O–H groups in total. The second-order valence-corrected chi connectivity index (χ2v) is 6.49. The second-order valence-electron chi connectivity index (χ2n) is 5.71. The number of allylic oxidation sites excluding steroid dienone is 4. The van der Waals surface area contributed by atoms with Crippen LogP contribution < -0.4 is 4.74 Å². The van der Waals surface area contributed by atoms with E-state index in [1.54, 1.807) is 11.3 Å². The predicted molar refractivity (Wildman–Crippen MR) is 94.6 cm³/mol. The molecule has 1 aliphatic rings. The van der Waals surface area contributed by atoms with E-state index in [9.17, 15) is 0 Å². The molecular weight excluding hydrogens is 288 g/mol. The van der Waals surface area contributed by atoms with Crippen molar-refractivity contribution in [2.75, 3.05) is 6.61 Å². The highest BCUT2D eigenvalue weighted by molar-refractivity contribution is 7.07. The van der Waals surface area contributed by atoms with Gasteiger partial charge in [-0.1, -0.05) is 36.4 Å². The molecule has 0 saturated carbocycles. The largest absolute Gasteiger partial charge is 0.494 e. The molecule has 0 fully saturated rings. The monoisotopic (exact) mass is 310 g/mol. The molecule has 0 bridgehead atoms. The molecule has 2 atom stereocenters. The first-order valence-corrected chi connectivity index (χ1v) is 8.87. The van der Waals surface area contributed by atoms with E-state index in [1.807, 2.05) is 6.92 Å². The maximum absolute atomic E-state index is 5.52. The molecule has 114 valence electrons. The molecule has 1 nitrogen and oxygen atoms in total. The standard InChI is InChI=1S/C20H22OS/c1-2-21-20-9-7-16(8-10-20)13-18-5-3-4-6-19(18)14-17-11-12-22-15-17/h3-12,15,18-19H,2,13-14H2,1H3. The van der Waals surface area contributed by atoms with Crippen molar-refractivity contribution in [2.24, 2.45) is 11.8 Å². The van der Waals surface area contributed by atoms with Crippen LogP contribution in [-0.4, -0.2) is 6.61 Å². The summed E-state index contributed by atoms with van der Waals surface area (Å²) in [6.45, 7) is 2.74. The SMILES string of the molecule is CCOc1ccc(CC2C=CC=CC2Cc2ccsc2)cc1. The first-order valence-electron chi connectivity index (χ1n) is 7.93. The third kappa shape index (κ3) is 3.89. The molecule has 2 aromatic rings. The molecule has 1 aromatic carbocycles. The lowest BCUT2D eigenvalue weighted by Crippen LogP contribution is -2.17. The minimum atomic E-state index is 0.572. The van der Waals surface area contributed by atoms with Gasteiger partial charge in [0.15, 0.2) is 0 Å². The summed E-state index contributed by atoms with van der Waals surface area (Å²) < 4.78 is 5.52. The lowest BCUT2D eigenvalue weighted by Gasteiger charge is -2.24. The van der Waals surface area contributed by atoms with Crippen LogP contribution >= 0.6 is 11.3 Å². The van der Waals surface area contributed by atoms with Gasteiger partial charge in [0.25, 0.3) is 0 Å². The fourth-order valence-corrected chi connectivity index (χ4v) is 3.66. The molecule has 0 saturated heterocycles. The summed E-state index contributed by atoms with van der Waals surface area (Å²) >= 11 is 1.78. The molecule has 1 aromatic heterocycles. The zero-order chi connectivity index (χ0) is 15.2. The molecule has 0 spiro atoms. The first-order chi connectivity index (χ1) is 10.8. The fraction of sp³-hybridized carbons (Fsp3) is 0.300. The van der Waals surface area contributed by atoms with Crippen LogP contribution in [0.3, 0.4) is 0 Å². The Morgan fingerprint density at radius 1 is 0.909 bits per heavy atom. The summed E-state index contributed by atoms with van der Waals surface area (Å²) in [5.41, 5.74) is 2.83. The minimum Gasteiger partial charge on any atom is -0.494 e. The van der Waals surface area contributed by atoms with Crippen LogP contribution in [0.2, 0.25) is 0 Å². The highest BCUT2D eigenvalue weighted by Gasteiger charge is 2.19. The van der Waals surface area contributed by atoms with Crippen molar-refractivity contribution in [3.05, 3.63) is 76.5 Å². The van der Waals surface area contributed by atoms with E-state index >= 15 is 0 Å². The van der Waals surface area contributed by atoms with Crippen LogP contribution in [0.25, 0.3) is 0 Å². The van der Waals surface area contributed by atoms with Gasteiger partial charge in [-0.15, -0.1) is 0 Å². The van der Waals surface area contributed by atoms with Gasteiger partial charge in [0.05, 0.1) is 6.61 Å². The highest BCUT2D eigenvalue weighted by Crippen LogP contribution is 2.28. The number of rotatable bonds is 6. The molecular formula is C20H22OS. The van der Waals surface area contributed by atoms with Crippen LogP contribution in [0.1, 0.15) is 18.1 Å². The van der Waals surface area contributed by atoms with E-state index in [2.05, 4.69) is 65.4 Å². The van der Waals surface area contributed by atoms with Crippen LogP contribution in [0.5, 0.6) is 5.75 Å². The van der Waals surface area contributed by atoms with Crippen molar-refractivity contribution in [1.82, 2.24) is 0 Å². The number of thiophene rings is 1. The van der Waals surface area contributed by atoms with Crippen molar-refractivity contribution in [3.63, 3.8) is 0 Å². The Hall–Kier alpha value is -1.80. The fourth-order valence-electron chi connectivity index (χ4n) is 2.98. The van der Waals surface area contributed by atoms with Gasteiger partial charge in [-0.25, -0.2) is 0 Å². The van der Waals surface area contributed by atoms with Crippen molar-refractivity contribution >= 4 is 11.3 Å². The maximum Gasteiger partial charge on any atom is 0.119 e. The average molecular weight is 310 g/mol. The van der Waals surface area contributed by atoms with Crippen molar-refractivity contribution < 1.29 is 4.74 Å². The van der Waals surface area contributed by atoms with Crippen molar-refractivity contribution in [1.29, 1.82) is 0 Å². The number of benzene rings is 1. The van der Waals surface area contributed by atoms with Gasteiger partial charge in [0.2, 0.25) is 0 Å². The Morgan fingerprint density at radius 2 is 1.59 bits per heavy atom. The first kappa shape index (κ1) is 15.1. The molecule has 0 amide bonds. The molecule has 1 aliphatic carbocycles. The van der Waals surface area contributed by atoms with Crippen molar-refractivity contribution in [3.8, 4) is 5.75 Å². The Labute approximate surface area is 137 Å². The zero-order valence-electron chi connectivity index (χ0n) is 12.9. The minimum absolute atomic E-state index is 0.572. The van der Waals surface area contributed by atoms with E-state index in [-0.39, 0.29) is 0 Å². The predicted octanol–water partition coefficient (Wildman–Crippen LogP) is 5.29. The normalized spacial score (nSPS) is 20.2. The lowest BCUT2D eigenvalue weighted by atomic mass is 9.81. The number of hydrogen-bond donors (Lipinski definition) is 0. The Kier molecular flexibility index (Phi) is 5.12. The average Bonchev–Trinajstić information content (AvgIpc) is 3.04. The van der Waals surface area contributed by atoms with Gasteiger partial charge in [-0.3, -0.25) is 0 Å².